The highest BCUT2D eigenvalue weighted by Crippen LogP contribution is 2.43. The van der Waals surface area contributed by atoms with Crippen LogP contribution in [0.3, 0.4) is 0 Å². The summed E-state index contributed by atoms with van der Waals surface area (Å²) in [5.41, 5.74) is 4.35. The molecule has 10 heteroatoms. The summed E-state index contributed by atoms with van der Waals surface area (Å²) in [6.07, 6.45) is 7.37. The average molecular weight is 572 g/mol. The SMILES string of the molecule is COc1nccc2c(C(Nc3cc(C#N)c4ncc(C#N)c(NCC(C)(C)C)c4c3)c3cn(C4(C)CC4)nn3)cccc12. The maximum absolute atomic E-state index is 10.2. The Morgan fingerprint density at radius 1 is 1.05 bits per heavy atom. The molecule has 3 heterocycles. The van der Waals surface area contributed by atoms with Gasteiger partial charge in [0.05, 0.1) is 47.2 Å². The Bertz CT molecular complexity index is 1940. The number of nitriles is 2. The minimum absolute atomic E-state index is 0.0222. The van der Waals surface area contributed by atoms with Crippen molar-refractivity contribution in [2.75, 3.05) is 24.3 Å². The van der Waals surface area contributed by atoms with Gasteiger partial charge < -0.3 is 15.4 Å². The molecule has 5 aromatic rings. The fourth-order valence-corrected chi connectivity index (χ4v) is 5.28. The molecule has 0 amide bonds. The molecule has 1 fully saturated rings. The molecular formula is C33H33N9O. The number of methoxy groups -OCH3 is 1. The summed E-state index contributed by atoms with van der Waals surface area (Å²) in [4.78, 5) is 8.90. The lowest BCUT2D eigenvalue weighted by molar-refractivity contribution is 0.403. The first-order valence-electron chi connectivity index (χ1n) is 14.3. The van der Waals surface area contributed by atoms with Gasteiger partial charge in [0.25, 0.3) is 0 Å². The Labute approximate surface area is 250 Å². The van der Waals surface area contributed by atoms with Crippen LogP contribution in [0.1, 0.15) is 69.0 Å². The molecule has 2 aromatic carbocycles. The number of rotatable bonds is 8. The van der Waals surface area contributed by atoms with Gasteiger partial charge in [-0.25, -0.2) is 9.67 Å². The maximum Gasteiger partial charge on any atom is 0.221 e. The molecule has 2 N–H and O–H groups in total. The number of hydrogen-bond acceptors (Lipinski definition) is 9. The second-order valence-corrected chi connectivity index (χ2v) is 12.5. The Hall–Kier alpha value is -5.22. The number of nitrogens with zero attached hydrogens (tertiary/aromatic N) is 7. The van der Waals surface area contributed by atoms with Gasteiger partial charge in [-0.2, -0.15) is 10.5 Å². The van der Waals surface area contributed by atoms with Crippen molar-refractivity contribution in [1.29, 1.82) is 10.5 Å². The van der Waals surface area contributed by atoms with Gasteiger partial charge in [-0.15, -0.1) is 5.10 Å². The maximum atomic E-state index is 10.2. The average Bonchev–Trinajstić information content (AvgIpc) is 3.55. The summed E-state index contributed by atoms with van der Waals surface area (Å²) < 4.78 is 7.51. The van der Waals surface area contributed by atoms with Gasteiger partial charge >= 0.3 is 0 Å². The first-order valence-corrected chi connectivity index (χ1v) is 14.3. The normalized spacial score (nSPS) is 14.6. The molecule has 1 atom stereocenters. The van der Waals surface area contributed by atoms with Crippen molar-refractivity contribution in [2.45, 2.75) is 52.1 Å². The van der Waals surface area contributed by atoms with Crippen LogP contribution in [0.4, 0.5) is 11.4 Å². The van der Waals surface area contributed by atoms with Gasteiger partial charge in [0.2, 0.25) is 5.88 Å². The van der Waals surface area contributed by atoms with Crippen LogP contribution in [0.5, 0.6) is 5.88 Å². The van der Waals surface area contributed by atoms with E-state index < -0.39 is 6.04 Å². The minimum Gasteiger partial charge on any atom is -0.481 e. The van der Waals surface area contributed by atoms with Crippen LogP contribution in [0.25, 0.3) is 21.7 Å². The first kappa shape index (κ1) is 27.9. The van der Waals surface area contributed by atoms with Gasteiger partial charge in [-0.05, 0) is 60.4 Å². The molecular weight excluding hydrogens is 538 g/mol. The lowest BCUT2D eigenvalue weighted by atomic mass is 9.96. The van der Waals surface area contributed by atoms with Crippen molar-refractivity contribution in [3.63, 3.8) is 0 Å². The molecule has 1 unspecified atom stereocenters. The molecule has 0 spiro atoms. The van der Waals surface area contributed by atoms with E-state index in [0.717, 1.165) is 34.9 Å². The van der Waals surface area contributed by atoms with Crippen molar-refractivity contribution >= 4 is 33.1 Å². The predicted octanol–water partition coefficient (Wildman–Crippen LogP) is 6.29. The summed E-state index contributed by atoms with van der Waals surface area (Å²) >= 11 is 0. The van der Waals surface area contributed by atoms with Gasteiger partial charge in [-0.1, -0.05) is 38.1 Å². The zero-order valence-corrected chi connectivity index (χ0v) is 24.9. The number of fused-ring (bicyclic) bond motifs is 2. The topological polar surface area (TPSA) is 137 Å². The number of aromatic nitrogens is 5. The Balaban J connectivity index is 1.52. The molecule has 0 bridgehead atoms. The van der Waals surface area contributed by atoms with E-state index >= 15 is 0 Å². The Morgan fingerprint density at radius 3 is 2.53 bits per heavy atom. The fraction of sp³-hybridized carbons (Fsp3) is 0.333. The highest BCUT2D eigenvalue weighted by Gasteiger charge is 2.41. The molecule has 0 aliphatic heterocycles. The summed E-state index contributed by atoms with van der Waals surface area (Å²) in [5.74, 6) is 0.536. The van der Waals surface area contributed by atoms with E-state index in [0.29, 0.717) is 45.8 Å². The summed E-state index contributed by atoms with van der Waals surface area (Å²) in [6, 6.07) is 15.9. The molecule has 6 rings (SSSR count). The van der Waals surface area contributed by atoms with Gasteiger partial charge in [0, 0.05) is 35.4 Å². The van der Waals surface area contributed by atoms with Crippen LogP contribution in [0.15, 0.2) is 55.0 Å². The van der Waals surface area contributed by atoms with E-state index in [1.165, 1.54) is 6.20 Å². The van der Waals surface area contributed by atoms with Crippen molar-refractivity contribution in [3.05, 3.63) is 77.4 Å². The Morgan fingerprint density at radius 2 is 1.84 bits per heavy atom. The van der Waals surface area contributed by atoms with Crippen LogP contribution >= 0.6 is 0 Å². The lowest BCUT2D eigenvalue weighted by Crippen LogP contribution is -2.20. The third-order valence-corrected chi connectivity index (χ3v) is 7.96. The second-order valence-electron chi connectivity index (χ2n) is 12.5. The van der Waals surface area contributed by atoms with Crippen LogP contribution in [0.2, 0.25) is 0 Å². The predicted molar refractivity (Wildman–Crippen MR) is 166 cm³/mol. The lowest BCUT2D eigenvalue weighted by Gasteiger charge is -2.23. The molecule has 3 aromatic heterocycles. The number of nitrogens with one attached hydrogen (secondary N) is 2. The van der Waals surface area contributed by atoms with Crippen molar-refractivity contribution in [3.8, 4) is 18.0 Å². The van der Waals surface area contributed by atoms with Crippen molar-refractivity contribution in [1.82, 2.24) is 25.0 Å². The van der Waals surface area contributed by atoms with E-state index in [1.807, 2.05) is 35.1 Å². The number of ether oxygens (including phenoxy) is 1. The number of hydrogen-bond donors (Lipinski definition) is 2. The van der Waals surface area contributed by atoms with E-state index in [4.69, 9.17) is 4.74 Å². The van der Waals surface area contributed by atoms with Crippen LogP contribution in [-0.2, 0) is 5.54 Å². The second kappa shape index (κ2) is 10.6. The van der Waals surface area contributed by atoms with Gasteiger partial charge in [0.1, 0.15) is 17.8 Å². The molecule has 0 saturated heterocycles. The summed E-state index contributed by atoms with van der Waals surface area (Å²) in [6.45, 7) is 9.18. The smallest absolute Gasteiger partial charge is 0.221 e. The molecule has 216 valence electrons. The summed E-state index contributed by atoms with van der Waals surface area (Å²) in [5, 5.41) is 38.9. The molecule has 43 heavy (non-hydrogen) atoms. The van der Waals surface area contributed by atoms with Crippen LogP contribution < -0.4 is 15.4 Å². The van der Waals surface area contributed by atoms with Crippen molar-refractivity contribution < 1.29 is 4.74 Å². The molecule has 1 aliphatic rings. The number of anilines is 2. The minimum atomic E-state index is -0.422. The first-order chi connectivity index (χ1) is 20.6. The van der Waals surface area contributed by atoms with Crippen LogP contribution in [-0.4, -0.2) is 38.6 Å². The number of pyridine rings is 2. The standard InChI is InChI=1S/C33H33N9O/c1-32(2,3)19-38-29-21(16-35)17-37-28-20(15-34)13-22(14-26(28)29)39-30(27-18-42(41-40-27)33(4)10-11-33)24-7-6-8-25-23(24)9-12-36-31(25)43-5/h6-9,12-14,17-18,30,39H,10-11,19H2,1-5H3,(H,37,38). The monoisotopic (exact) mass is 571 g/mol. The van der Waals surface area contributed by atoms with Gasteiger partial charge in [-0.3, -0.25) is 4.98 Å². The molecule has 1 saturated carbocycles. The van der Waals surface area contributed by atoms with Gasteiger partial charge in [0.15, 0.2) is 0 Å². The third kappa shape index (κ3) is 5.28. The summed E-state index contributed by atoms with van der Waals surface area (Å²) in [7, 11) is 1.61. The van der Waals surface area contributed by atoms with E-state index in [9.17, 15) is 10.5 Å². The fourth-order valence-electron chi connectivity index (χ4n) is 5.28. The molecule has 1 aliphatic carbocycles. The molecule has 0 radical (unpaired) electrons. The highest BCUT2D eigenvalue weighted by atomic mass is 16.5. The quantitative estimate of drug-likeness (QED) is 0.220. The highest BCUT2D eigenvalue weighted by molar-refractivity contribution is 5.99. The van der Waals surface area contributed by atoms with E-state index in [2.05, 4.69) is 76.8 Å². The van der Waals surface area contributed by atoms with E-state index in [1.54, 1.807) is 19.4 Å². The van der Waals surface area contributed by atoms with Crippen LogP contribution in [0, 0.1) is 28.1 Å². The Kier molecular flexibility index (Phi) is 6.86. The zero-order valence-electron chi connectivity index (χ0n) is 24.9. The number of benzene rings is 2. The van der Waals surface area contributed by atoms with E-state index in [-0.39, 0.29) is 11.0 Å². The molecule has 10 nitrogen and oxygen atoms in total. The third-order valence-electron chi connectivity index (χ3n) is 7.96. The largest absolute Gasteiger partial charge is 0.481 e. The zero-order chi connectivity index (χ0) is 30.4. The van der Waals surface area contributed by atoms with Crippen molar-refractivity contribution in [2.24, 2.45) is 5.41 Å².